The Morgan fingerprint density at radius 2 is 1.84 bits per heavy atom. The van der Waals surface area contributed by atoms with Gasteiger partial charge in [-0.15, -0.1) is 11.3 Å². The van der Waals surface area contributed by atoms with Gasteiger partial charge in [0.1, 0.15) is 22.2 Å². The molecule has 0 spiro atoms. The van der Waals surface area contributed by atoms with Gasteiger partial charge < -0.3 is 16.0 Å². The standard InChI is InChI=1S/C16H16F2N4O2S/c17-10-2-1-3-11(18)12(10)14(23)22-16-13(20-8-25-16)15(24)21-9-4-6-19-7-5-9/h1-3,8-9,19H,4-7H2,(H,21,24)(H,22,23). The fourth-order valence-corrected chi connectivity index (χ4v) is 3.27. The highest BCUT2D eigenvalue weighted by atomic mass is 32.1. The SMILES string of the molecule is O=C(NC1CCNCC1)c1ncsc1NC(=O)c1c(F)cccc1F. The van der Waals surface area contributed by atoms with Crippen molar-refractivity contribution in [2.45, 2.75) is 18.9 Å². The highest BCUT2D eigenvalue weighted by Crippen LogP contribution is 2.23. The van der Waals surface area contributed by atoms with Gasteiger partial charge in [0, 0.05) is 6.04 Å². The number of thiazole rings is 1. The molecule has 2 amide bonds. The summed E-state index contributed by atoms with van der Waals surface area (Å²) in [4.78, 5) is 28.5. The first-order valence-corrected chi connectivity index (χ1v) is 8.64. The molecule has 0 atom stereocenters. The Morgan fingerprint density at radius 3 is 2.52 bits per heavy atom. The lowest BCUT2D eigenvalue weighted by Gasteiger charge is -2.23. The second-order valence-corrected chi connectivity index (χ2v) is 6.43. The number of piperidine rings is 1. The zero-order valence-corrected chi connectivity index (χ0v) is 14.0. The van der Waals surface area contributed by atoms with Gasteiger partial charge in [0.15, 0.2) is 5.69 Å². The third-order valence-corrected chi connectivity index (χ3v) is 4.62. The lowest BCUT2D eigenvalue weighted by atomic mass is 10.1. The van der Waals surface area contributed by atoms with E-state index in [0.29, 0.717) is 0 Å². The summed E-state index contributed by atoms with van der Waals surface area (Å²) in [5.74, 6) is -3.32. The number of amides is 2. The Labute approximate surface area is 146 Å². The molecule has 1 aliphatic heterocycles. The van der Waals surface area contributed by atoms with E-state index in [4.69, 9.17) is 0 Å². The molecule has 0 aliphatic carbocycles. The second-order valence-electron chi connectivity index (χ2n) is 5.58. The lowest BCUT2D eigenvalue weighted by molar-refractivity contribution is 0.0926. The maximum Gasteiger partial charge on any atom is 0.273 e. The number of rotatable bonds is 4. The van der Waals surface area contributed by atoms with Gasteiger partial charge in [-0.2, -0.15) is 0 Å². The van der Waals surface area contributed by atoms with E-state index in [0.717, 1.165) is 49.4 Å². The van der Waals surface area contributed by atoms with Crippen LogP contribution in [-0.4, -0.2) is 35.9 Å². The molecule has 0 bridgehead atoms. The largest absolute Gasteiger partial charge is 0.348 e. The molecule has 25 heavy (non-hydrogen) atoms. The van der Waals surface area contributed by atoms with Crippen LogP contribution in [0.15, 0.2) is 23.7 Å². The van der Waals surface area contributed by atoms with Crippen LogP contribution in [0.3, 0.4) is 0 Å². The number of carbonyl (C=O) groups excluding carboxylic acids is 2. The number of nitrogens with one attached hydrogen (secondary N) is 3. The molecule has 2 heterocycles. The van der Waals surface area contributed by atoms with Crippen LogP contribution >= 0.6 is 11.3 Å². The van der Waals surface area contributed by atoms with Crippen LogP contribution in [0.25, 0.3) is 0 Å². The number of halogens is 2. The molecule has 9 heteroatoms. The van der Waals surface area contributed by atoms with Gasteiger partial charge in [-0.25, -0.2) is 13.8 Å². The van der Waals surface area contributed by atoms with E-state index < -0.39 is 29.0 Å². The average molecular weight is 366 g/mol. The number of hydrogen-bond donors (Lipinski definition) is 3. The van der Waals surface area contributed by atoms with Crippen LogP contribution in [0, 0.1) is 11.6 Å². The first-order valence-electron chi connectivity index (χ1n) is 7.76. The van der Waals surface area contributed by atoms with Crippen molar-refractivity contribution in [1.82, 2.24) is 15.6 Å². The smallest absolute Gasteiger partial charge is 0.273 e. The van der Waals surface area contributed by atoms with Crippen LogP contribution in [-0.2, 0) is 0 Å². The molecule has 3 rings (SSSR count). The number of aromatic nitrogens is 1. The van der Waals surface area contributed by atoms with E-state index >= 15 is 0 Å². The van der Waals surface area contributed by atoms with Gasteiger partial charge in [0.05, 0.1) is 5.51 Å². The highest BCUT2D eigenvalue weighted by Gasteiger charge is 2.23. The Hall–Kier alpha value is -2.39. The molecule has 2 aromatic rings. The fraction of sp³-hybridized carbons (Fsp3) is 0.312. The van der Waals surface area contributed by atoms with E-state index in [1.54, 1.807) is 0 Å². The van der Waals surface area contributed by atoms with Gasteiger partial charge in [0.2, 0.25) is 0 Å². The minimum absolute atomic E-state index is 0.0306. The molecule has 132 valence electrons. The van der Waals surface area contributed by atoms with E-state index in [2.05, 4.69) is 20.9 Å². The molecule has 1 aromatic carbocycles. The van der Waals surface area contributed by atoms with Crippen molar-refractivity contribution in [3.05, 3.63) is 46.6 Å². The predicted molar refractivity (Wildman–Crippen MR) is 89.8 cm³/mol. The third kappa shape index (κ3) is 3.99. The van der Waals surface area contributed by atoms with Crippen molar-refractivity contribution in [2.24, 2.45) is 0 Å². The minimum atomic E-state index is -0.970. The Balaban J connectivity index is 1.73. The van der Waals surface area contributed by atoms with Crippen molar-refractivity contribution in [2.75, 3.05) is 18.4 Å². The minimum Gasteiger partial charge on any atom is -0.348 e. The fourth-order valence-electron chi connectivity index (χ4n) is 2.60. The zero-order valence-electron chi connectivity index (χ0n) is 13.1. The van der Waals surface area contributed by atoms with E-state index in [1.807, 2.05) is 0 Å². The average Bonchev–Trinajstić information content (AvgIpc) is 3.04. The van der Waals surface area contributed by atoms with Crippen molar-refractivity contribution in [3.8, 4) is 0 Å². The highest BCUT2D eigenvalue weighted by molar-refractivity contribution is 7.14. The maximum atomic E-state index is 13.7. The predicted octanol–water partition coefficient (Wildman–Crippen LogP) is 2.16. The molecular weight excluding hydrogens is 350 g/mol. The summed E-state index contributed by atoms with van der Waals surface area (Å²) in [5, 5.41) is 8.58. The third-order valence-electron chi connectivity index (χ3n) is 3.87. The van der Waals surface area contributed by atoms with Gasteiger partial charge in [-0.3, -0.25) is 9.59 Å². The van der Waals surface area contributed by atoms with Crippen LogP contribution in [0.1, 0.15) is 33.7 Å². The summed E-state index contributed by atoms with van der Waals surface area (Å²) in [7, 11) is 0. The number of carbonyl (C=O) groups is 2. The maximum absolute atomic E-state index is 13.7. The normalized spacial score (nSPS) is 15.0. The van der Waals surface area contributed by atoms with Gasteiger partial charge in [-0.05, 0) is 38.1 Å². The molecule has 1 aliphatic rings. The summed E-state index contributed by atoms with van der Waals surface area (Å²) in [6.45, 7) is 1.64. The molecule has 3 N–H and O–H groups in total. The quantitative estimate of drug-likeness (QED) is 0.774. The number of benzene rings is 1. The van der Waals surface area contributed by atoms with E-state index in [1.165, 1.54) is 11.6 Å². The van der Waals surface area contributed by atoms with Crippen LogP contribution in [0.5, 0.6) is 0 Å². The summed E-state index contributed by atoms with van der Waals surface area (Å²) in [6.07, 6.45) is 1.61. The van der Waals surface area contributed by atoms with Crippen molar-refractivity contribution in [3.63, 3.8) is 0 Å². The molecular formula is C16H16F2N4O2S. The molecule has 1 saturated heterocycles. The Morgan fingerprint density at radius 1 is 1.16 bits per heavy atom. The first-order chi connectivity index (χ1) is 12.1. The van der Waals surface area contributed by atoms with E-state index in [9.17, 15) is 18.4 Å². The Kier molecular flexibility index (Phi) is 5.34. The van der Waals surface area contributed by atoms with Gasteiger partial charge in [0.25, 0.3) is 11.8 Å². The monoisotopic (exact) mass is 366 g/mol. The van der Waals surface area contributed by atoms with E-state index in [-0.39, 0.29) is 16.7 Å². The number of hydrogen-bond acceptors (Lipinski definition) is 5. The van der Waals surface area contributed by atoms with Gasteiger partial charge in [-0.1, -0.05) is 6.07 Å². The summed E-state index contributed by atoms with van der Waals surface area (Å²) >= 11 is 1.01. The van der Waals surface area contributed by atoms with Crippen molar-refractivity contribution < 1.29 is 18.4 Å². The summed E-state index contributed by atoms with van der Waals surface area (Å²) in [6, 6.07) is 3.19. The van der Waals surface area contributed by atoms with Crippen LogP contribution < -0.4 is 16.0 Å². The second kappa shape index (κ2) is 7.66. The van der Waals surface area contributed by atoms with Crippen molar-refractivity contribution in [1.29, 1.82) is 0 Å². The molecule has 1 fully saturated rings. The zero-order chi connectivity index (χ0) is 17.8. The van der Waals surface area contributed by atoms with Crippen LogP contribution in [0.2, 0.25) is 0 Å². The molecule has 0 saturated carbocycles. The number of anilines is 1. The van der Waals surface area contributed by atoms with Crippen molar-refractivity contribution >= 4 is 28.2 Å². The number of nitrogens with zero attached hydrogens (tertiary/aromatic N) is 1. The molecule has 0 unspecified atom stereocenters. The first kappa shape index (κ1) is 17.4. The van der Waals surface area contributed by atoms with Gasteiger partial charge >= 0.3 is 0 Å². The summed E-state index contributed by atoms with van der Waals surface area (Å²) in [5.41, 5.74) is 0.735. The summed E-state index contributed by atoms with van der Waals surface area (Å²) < 4.78 is 27.4. The topological polar surface area (TPSA) is 83.1 Å². The molecule has 0 radical (unpaired) electrons. The van der Waals surface area contributed by atoms with Crippen LogP contribution in [0.4, 0.5) is 13.8 Å². The Bertz CT molecular complexity index is 770. The molecule has 1 aromatic heterocycles. The molecule has 6 nitrogen and oxygen atoms in total. The lowest BCUT2D eigenvalue weighted by Crippen LogP contribution is -2.43.